The highest BCUT2D eigenvalue weighted by Crippen LogP contribution is 2.25. The highest BCUT2D eigenvalue weighted by molar-refractivity contribution is 5.79. The molecule has 19 heavy (non-hydrogen) atoms. The largest absolute Gasteiger partial charge is 0.342 e. The number of carbonyl (C=O) groups excluding carboxylic acids is 1. The van der Waals surface area contributed by atoms with Crippen LogP contribution in [0.1, 0.15) is 38.5 Å². The van der Waals surface area contributed by atoms with Gasteiger partial charge in [0, 0.05) is 25.7 Å². The van der Waals surface area contributed by atoms with Crippen molar-refractivity contribution in [1.29, 1.82) is 0 Å². The van der Waals surface area contributed by atoms with Crippen molar-refractivity contribution in [1.82, 2.24) is 15.1 Å². The quantitative estimate of drug-likeness (QED) is 0.837. The first-order chi connectivity index (χ1) is 9.11. The van der Waals surface area contributed by atoms with E-state index in [0.717, 1.165) is 38.8 Å². The van der Waals surface area contributed by atoms with Crippen molar-refractivity contribution in [3.8, 4) is 0 Å². The zero-order valence-corrected chi connectivity index (χ0v) is 12.7. The zero-order valence-electron chi connectivity index (χ0n) is 12.7. The van der Waals surface area contributed by atoms with Crippen molar-refractivity contribution in [3.63, 3.8) is 0 Å². The van der Waals surface area contributed by atoms with Gasteiger partial charge in [0.15, 0.2) is 0 Å². The van der Waals surface area contributed by atoms with Crippen LogP contribution in [0.5, 0.6) is 0 Å². The van der Waals surface area contributed by atoms with Gasteiger partial charge in [-0.1, -0.05) is 0 Å². The Hall–Kier alpha value is -0.610. The van der Waals surface area contributed by atoms with E-state index in [4.69, 9.17) is 0 Å². The third-order valence-corrected chi connectivity index (χ3v) is 4.97. The molecule has 0 aromatic rings. The molecule has 1 unspecified atom stereocenters. The average molecular weight is 267 g/mol. The summed E-state index contributed by atoms with van der Waals surface area (Å²) in [6.45, 7) is 2.08. The van der Waals surface area contributed by atoms with Crippen LogP contribution in [0.2, 0.25) is 0 Å². The summed E-state index contributed by atoms with van der Waals surface area (Å²) in [4.78, 5) is 16.9. The van der Waals surface area contributed by atoms with Gasteiger partial charge in [0.1, 0.15) is 0 Å². The van der Waals surface area contributed by atoms with Crippen LogP contribution in [0, 0.1) is 5.92 Å². The number of carbonyl (C=O) groups is 1. The number of rotatable bonds is 3. The summed E-state index contributed by atoms with van der Waals surface area (Å²) in [5.41, 5.74) is 0. The summed E-state index contributed by atoms with van der Waals surface area (Å²) in [6, 6.07) is 1.12. The summed E-state index contributed by atoms with van der Waals surface area (Å²) < 4.78 is 0. The molecule has 4 nitrogen and oxygen atoms in total. The lowest BCUT2D eigenvalue weighted by molar-refractivity contribution is -0.138. The molecule has 1 amide bonds. The van der Waals surface area contributed by atoms with Gasteiger partial charge in [-0.25, -0.2) is 0 Å². The van der Waals surface area contributed by atoms with E-state index < -0.39 is 0 Å². The molecule has 1 aliphatic heterocycles. The Kier molecular flexibility index (Phi) is 5.22. The fourth-order valence-corrected chi connectivity index (χ4v) is 3.59. The predicted octanol–water partition coefficient (Wildman–Crippen LogP) is 1.32. The topological polar surface area (TPSA) is 35.6 Å². The molecular weight excluding hydrogens is 238 g/mol. The van der Waals surface area contributed by atoms with E-state index in [0.29, 0.717) is 18.0 Å². The first-order valence-electron chi connectivity index (χ1n) is 7.74. The maximum Gasteiger partial charge on any atom is 0.226 e. The molecule has 1 aliphatic carbocycles. The monoisotopic (exact) mass is 267 g/mol. The lowest BCUT2D eigenvalue weighted by Crippen LogP contribution is -2.47. The van der Waals surface area contributed by atoms with Gasteiger partial charge < -0.3 is 15.1 Å². The van der Waals surface area contributed by atoms with Crippen LogP contribution in [-0.2, 0) is 4.79 Å². The van der Waals surface area contributed by atoms with E-state index in [1.165, 1.54) is 12.8 Å². The fourth-order valence-electron chi connectivity index (χ4n) is 3.59. The van der Waals surface area contributed by atoms with Crippen molar-refractivity contribution in [2.45, 2.75) is 50.6 Å². The predicted molar refractivity (Wildman–Crippen MR) is 78.1 cm³/mol. The maximum absolute atomic E-state index is 12.6. The fraction of sp³-hybridized carbons (Fsp3) is 0.933. The van der Waals surface area contributed by atoms with E-state index in [1.807, 2.05) is 14.1 Å². The molecule has 2 fully saturated rings. The van der Waals surface area contributed by atoms with E-state index in [9.17, 15) is 4.79 Å². The molecule has 4 heteroatoms. The molecule has 1 saturated carbocycles. The summed E-state index contributed by atoms with van der Waals surface area (Å²) in [5.74, 6) is 0.602. The molecule has 0 radical (unpaired) electrons. The van der Waals surface area contributed by atoms with Gasteiger partial charge in [0.25, 0.3) is 0 Å². The molecule has 2 aliphatic rings. The molecule has 1 atom stereocenters. The van der Waals surface area contributed by atoms with Gasteiger partial charge in [-0.3, -0.25) is 4.79 Å². The molecule has 110 valence electrons. The Bertz CT molecular complexity index is 300. The highest BCUT2D eigenvalue weighted by atomic mass is 16.2. The number of nitrogens with zero attached hydrogens (tertiary/aromatic N) is 2. The minimum atomic E-state index is 0.228. The van der Waals surface area contributed by atoms with E-state index in [2.05, 4.69) is 22.2 Å². The molecule has 0 aromatic carbocycles. The van der Waals surface area contributed by atoms with Crippen molar-refractivity contribution in [2.24, 2.45) is 5.92 Å². The van der Waals surface area contributed by atoms with Gasteiger partial charge in [-0.2, -0.15) is 0 Å². The van der Waals surface area contributed by atoms with Crippen molar-refractivity contribution >= 4 is 5.91 Å². The Morgan fingerprint density at radius 3 is 2.47 bits per heavy atom. The Labute approximate surface area is 117 Å². The maximum atomic E-state index is 12.6. The summed E-state index contributed by atoms with van der Waals surface area (Å²) in [6.07, 6.45) is 6.92. The standard InChI is InChI=1S/C15H29N3O/c1-16-13-6-8-14(9-7-13)18(3)15(19)12-5-4-10-17(2)11-12/h12-14,16H,4-11H2,1-3H3. The molecule has 2 rings (SSSR count). The third kappa shape index (κ3) is 3.69. The molecular formula is C15H29N3O. The number of hydrogen-bond donors (Lipinski definition) is 1. The summed E-state index contributed by atoms with van der Waals surface area (Å²) >= 11 is 0. The Morgan fingerprint density at radius 2 is 1.89 bits per heavy atom. The molecule has 1 saturated heterocycles. The lowest BCUT2D eigenvalue weighted by Gasteiger charge is -2.38. The Morgan fingerprint density at radius 1 is 1.21 bits per heavy atom. The number of likely N-dealkylation sites (tertiary alicyclic amines) is 1. The molecule has 0 spiro atoms. The number of amides is 1. The first kappa shape index (κ1) is 14.8. The molecule has 0 bridgehead atoms. The number of piperidine rings is 1. The smallest absolute Gasteiger partial charge is 0.226 e. The minimum absolute atomic E-state index is 0.228. The van der Waals surface area contributed by atoms with Gasteiger partial charge >= 0.3 is 0 Å². The van der Waals surface area contributed by atoms with E-state index in [-0.39, 0.29) is 5.92 Å². The van der Waals surface area contributed by atoms with Crippen LogP contribution >= 0.6 is 0 Å². The van der Waals surface area contributed by atoms with Crippen LogP contribution in [0.25, 0.3) is 0 Å². The van der Waals surface area contributed by atoms with Gasteiger partial charge in [0.05, 0.1) is 5.92 Å². The van der Waals surface area contributed by atoms with E-state index >= 15 is 0 Å². The normalized spacial score (nSPS) is 33.1. The third-order valence-electron chi connectivity index (χ3n) is 4.97. The SMILES string of the molecule is CNC1CCC(N(C)C(=O)C2CCCN(C)C2)CC1. The minimum Gasteiger partial charge on any atom is -0.342 e. The summed E-state index contributed by atoms with van der Waals surface area (Å²) in [7, 11) is 6.18. The van der Waals surface area contributed by atoms with Crippen LogP contribution in [-0.4, -0.2) is 62.0 Å². The van der Waals surface area contributed by atoms with Crippen molar-refractivity contribution in [3.05, 3.63) is 0 Å². The number of hydrogen-bond acceptors (Lipinski definition) is 3. The van der Waals surface area contributed by atoms with Gasteiger partial charge in [0.2, 0.25) is 5.91 Å². The Balaban J connectivity index is 1.85. The second kappa shape index (κ2) is 6.71. The zero-order chi connectivity index (χ0) is 13.8. The van der Waals surface area contributed by atoms with Crippen LogP contribution in [0.15, 0.2) is 0 Å². The molecule has 0 aromatic heterocycles. The van der Waals surface area contributed by atoms with Gasteiger partial charge in [-0.15, -0.1) is 0 Å². The second-order valence-corrected chi connectivity index (χ2v) is 6.34. The highest BCUT2D eigenvalue weighted by Gasteiger charge is 2.31. The second-order valence-electron chi connectivity index (χ2n) is 6.34. The molecule has 1 heterocycles. The van der Waals surface area contributed by atoms with Gasteiger partial charge in [-0.05, 0) is 59.2 Å². The summed E-state index contributed by atoms with van der Waals surface area (Å²) in [5, 5.41) is 3.35. The first-order valence-corrected chi connectivity index (χ1v) is 7.74. The van der Waals surface area contributed by atoms with Crippen molar-refractivity contribution in [2.75, 3.05) is 34.2 Å². The van der Waals surface area contributed by atoms with Crippen molar-refractivity contribution < 1.29 is 4.79 Å². The van der Waals surface area contributed by atoms with Crippen LogP contribution < -0.4 is 5.32 Å². The molecule has 1 N–H and O–H groups in total. The van der Waals surface area contributed by atoms with Crippen LogP contribution in [0.3, 0.4) is 0 Å². The van der Waals surface area contributed by atoms with E-state index in [1.54, 1.807) is 0 Å². The number of nitrogens with one attached hydrogen (secondary N) is 1. The average Bonchev–Trinajstić information content (AvgIpc) is 2.46. The van der Waals surface area contributed by atoms with Crippen LogP contribution in [0.4, 0.5) is 0 Å². The lowest BCUT2D eigenvalue weighted by atomic mass is 9.89.